The van der Waals surface area contributed by atoms with Crippen molar-refractivity contribution in [2.45, 2.75) is 77.7 Å². The van der Waals surface area contributed by atoms with Crippen LogP contribution in [0.1, 0.15) is 70.8 Å². The third-order valence-corrected chi connectivity index (χ3v) is 3.79. The zero-order chi connectivity index (χ0) is 15.3. The van der Waals surface area contributed by atoms with Gasteiger partial charge in [0, 0.05) is 6.42 Å². The summed E-state index contributed by atoms with van der Waals surface area (Å²) in [5, 5.41) is 0. The van der Waals surface area contributed by atoms with Crippen LogP contribution in [0.5, 0.6) is 0 Å². The van der Waals surface area contributed by atoms with Crippen LogP contribution in [-0.2, 0) is 16.0 Å². The van der Waals surface area contributed by atoms with E-state index in [0.717, 1.165) is 12.8 Å². The number of esters is 1. The Kier molecular flexibility index (Phi) is 9.60. The summed E-state index contributed by atoms with van der Waals surface area (Å²) in [6, 6.07) is 10.7. The van der Waals surface area contributed by atoms with Gasteiger partial charge in [-0.15, -0.1) is 0 Å². The van der Waals surface area contributed by atoms with E-state index in [1.807, 2.05) is 13.8 Å². The van der Waals surface area contributed by atoms with Crippen molar-refractivity contribution in [3.05, 3.63) is 35.9 Å². The van der Waals surface area contributed by atoms with E-state index < -0.39 is 0 Å². The third-order valence-electron chi connectivity index (χ3n) is 3.79. The van der Waals surface area contributed by atoms with E-state index in [1.54, 1.807) is 0 Å². The minimum atomic E-state index is -0.0802. The topological polar surface area (TPSA) is 26.3 Å². The van der Waals surface area contributed by atoms with Crippen molar-refractivity contribution in [1.29, 1.82) is 0 Å². The first-order valence-corrected chi connectivity index (χ1v) is 8.45. The highest BCUT2D eigenvalue weighted by Crippen LogP contribution is 2.12. The molecule has 21 heavy (non-hydrogen) atoms. The summed E-state index contributed by atoms with van der Waals surface area (Å²) >= 11 is 0. The molecule has 0 aliphatic rings. The molecule has 0 spiro atoms. The smallest absolute Gasteiger partial charge is 0.305 e. The molecule has 0 saturated carbocycles. The van der Waals surface area contributed by atoms with Gasteiger partial charge >= 0.3 is 5.97 Å². The second-order valence-electron chi connectivity index (χ2n) is 5.80. The predicted molar refractivity (Wildman–Crippen MR) is 88.3 cm³/mol. The average Bonchev–Trinajstić information content (AvgIpc) is 2.50. The van der Waals surface area contributed by atoms with Crippen LogP contribution in [0.2, 0.25) is 0 Å². The first kappa shape index (κ1) is 17.7. The van der Waals surface area contributed by atoms with Crippen LogP contribution in [0, 0.1) is 0 Å². The number of rotatable bonds is 11. The first-order chi connectivity index (χ1) is 10.2. The van der Waals surface area contributed by atoms with Crippen LogP contribution in [-0.4, -0.2) is 12.1 Å². The number of aryl methyl sites for hydroxylation is 1. The zero-order valence-electron chi connectivity index (χ0n) is 13.6. The number of carbonyl (C=O) groups is 1. The summed E-state index contributed by atoms with van der Waals surface area (Å²) in [7, 11) is 0. The highest BCUT2D eigenvalue weighted by Gasteiger charge is 2.06. The van der Waals surface area contributed by atoms with Crippen LogP contribution in [0.25, 0.3) is 0 Å². The van der Waals surface area contributed by atoms with Crippen molar-refractivity contribution in [3.63, 3.8) is 0 Å². The van der Waals surface area contributed by atoms with E-state index in [1.165, 1.54) is 44.1 Å². The number of hydrogen-bond donors (Lipinski definition) is 0. The summed E-state index contributed by atoms with van der Waals surface area (Å²) < 4.78 is 5.25. The molecule has 0 bridgehead atoms. The Morgan fingerprint density at radius 2 is 1.62 bits per heavy atom. The van der Waals surface area contributed by atoms with Crippen LogP contribution in [0.4, 0.5) is 0 Å². The van der Waals surface area contributed by atoms with E-state index >= 15 is 0 Å². The van der Waals surface area contributed by atoms with E-state index in [4.69, 9.17) is 4.74 Å². The van der Waals surface area contributed by atoms with Crippen molar-refractivity contribution < 1.29 is 9.53 Å². The molecule has 0 heterocycles. The maximum atomic E-state index is 11.1. The van der Waals surface area contributed by atoms with E-state index in [2.05, 4.69) is 30.3 Å². The predicted octanol–water partition coefficient (Wildman–Crippen LogP) is 5.30. The molecule has 1 aromatic carbocycles. The molecule has 0 aromatic heterocycles. The maximum absolute atomic E-state index is 11.1. The summed E-state index contributed by atoms with van der Waals surface area (Å²) in [5.41, 5.74) is 1.45. The first-order valence-electron chi connectivity index (χ1n) is 8.45. The summed E-state index contributed by atoms with van der Waals surface area (Å²) in [5.74, 6) is -0.0802. The lowest BCUT2D eigenvalue weighted by molar-refractivity contribution is -0.148. The van der Waals surface area contributed by atoms with Crippen molar-refractivity contribution in [3.8, 4) is 0 Å². The number of carbonyl (C=O) groups excluding carboxylic acids is 1. The molecular weight excluding hydrogens is 260 g/mol. The fourth-order valence-corrected chi connectivity index (χ4v) is 2.48. The summed E-state index contributed by atoms with van der Waals surface area (Å²) in [4.78, 5) is 11.1. The number of unbranched alkanes of at least 4 members (excludes halogenated alkanes) is 5. The molecule has 0 fully saturated rings. The van der Waals surface area contributed by atoms with E-state index in [0.29, 0.717) is 6.42 Å². The lowest BCUT2D eigenvalue weighted by Gasteiger charge is -2.12. The van der Waals surface area contributed by atoms with Crippen molar-refractivity contribution in [1.82, 2.24) is 0 Å². The largest absolute Gasteiger partial charge is 0.463 e. The molecular formula is C19H30O2. The lowest BCUT2D eigenvalue weighted by Crippen LogP contribution is -2.13. The van der Waals surface area contributed by atoms with Gasteiger partial charge in [0.15, 0.2) is 0 Å². The Morgan fingerprint density at radius 3 is 2.29 bits per heavy atom. The van der Waals surface area contributed by atoms with Gasteiger partial charge in [-0.05, 0) is 38.2 Å². The molecule has 2 nitrogen and oxygen atoms in total. The molecule has 1 unspecified atom stereocenters. The molecule has 1 atom stereocenters. The van der Waals surface area contributed by atoms with Gasteiger partial charge in [-0.3, -0.25) is 4.79 Å². The molecule has 0 saturated heterocycles. The van der Waals surface area contributed by atoms with Crippen molar-refractivity contribution in [2.75, 3.05) is 0 Å². The molecule has 1 rings (SSSR count). The molecule has 118 valence electrons. The van der Waals surface area contributed by atoms with Gasteiger partial charge in [-0.1, -0.05) is 62.9 Å². The number of hydrogen-bond acceptors (Lipinski definition) is 2. The molecule has 0 aliphatic heterocycles. The van der Waals surface area contributed by atoms with Crippen LogP contribution < -0.4 is 0 Å². The van der Waals surface area contributed by atoms with Crippen LogP contribution in [0.3, 0.4) is 0 Å². The Morgan fingerprint density at radius 1 is 1.00 bits per heavy atom. The molecule has 0 amide bonds. The van der Waals surface area contributed by atoms with Crippen LogP contribution in [0.15, 0.2) is 30.3 Å². The highest BCUT2D eigenvalue weighted by molar-refractivity contribution is 5.69. The SMILES string of the molecule is CCC(=O)OC(C)CCCCCCCCc1ccccc1. The average molecular weight is 290 g/mol. The van der Waals surface area contributed by atoms with Crippen molar-refractivity contribution in [2.24, 2.45) is 0 Å². The molecule has 2 heteroatoms. The fraction of sp³-hybridized carbons (Fsp3) is 0.632. The summed E-state index contributed by atoms with van der Waals surface area (Å²) in [6.45, 7) is 3.83. The Hall–Kier alpha value is -1.31. The molecule has 0 radical (unpaired) electrons. The van der Waals surface area contributed by atoms with Gasteiger partial charge in [0.05, 0.1) is 6.10 Å². The number of benzene rings is 1. The Balaban J connectivity index is 1.90. The van der Waals surface area contributed by atoms with E-state index in [-0.39, 0.29) is 12.1 Å². The number of ether oxygens (including phenoxy) is 1. The normalized spacial score (nSPS) is 12.1. The molecule has 0 N–H and O–H groups in total. The molecule has 1 aromatic rings. The lowest BCUT2D eigenvalue weighted by atomic mass is 10.0. The second kappa shape index (κ2) is 11.4. The molecule has 0 aliphatic carbocycles. The van der Waals surface area contributed by atoms with Crippen molar-refractivity contribution >= 4 is 5.97 Å². The maximum Gasteiger partial charge on any atom is 0.305 e. The van der Waals surface area contributed by atoms with E-state index in [9.17, 15) is 4.79 Å². The van der Waals surface area contributed by atoms with Gasteiger partial charge in [0.1, 0.15) is 0 Å². The second-order valence-corrected chi connectivity index (χ2v) is 5.80. The Labute approximate surface area is 129 Å². The minimum absolute atomic E-state index is 0.0792. The van der Waals surface area contributed by atoms with Gasteiger partial charge in [0.2, 0.25) is 0 Å². The minimum Gasteiger partial charge on any atom is -0.463 e. The zero-order valence-corrected chi connectivity index (χ0v) is 13.6. The monoisotopic (exact) mass is 290 g/mol. The Bertz CT molecular complexity index is 372. The van der Waals surface area contributed by atoms with Gasteiger partial charge in [-0.2, -0.15) is 0 Å². The summed E-state index contributed by atoms with van der Waals surface area (Å²) in [6.07, 6.45) is 10.4. The third kappa shape index (κ3) is 9.28. The van der Waals surface area contributed by atoms with Gasteiger partial charge in [0.25, 0.3) is 0 Å². The van der Waals surface area contributed by atoms with Gasteiger partial charge in [-0.25, -0.2) is 0 Å². The van der Waals surface area contributed by atoms with Crippen LogP contribution >= 0.6 is 0 Å². The standard InChI is InChI=1S/C19H30O2/c1-3-19(20)21-17(2)13-9-6-4-5-7-10-14-18-15-11-8-12-16-18/h8,11-12,15-17H,3-7,9-10,13-14H2,1-2H3. The quantitative estimate of drug-likeness (QED) is 0.408. The fourth-order valence-electron chi connectivity index (χ4n) is 2.48. The highest BCUT2D eigenvalue weighted by atomic mass is 16.5. The van der Waals surface area contributed by atoms with Gasteiger partial charge < -0.3 is 4.74 Å².